The van der Waals surface area contributed by atoms with Gasteiger partial charge in [0.1, 0.15) is 0 Å². The molecule has 0 aliphatic heterocycles. The van der Waals surface area contributed by atoms with Crippen LogP contribution in [0, 0.1) is 0 Å². The summed E-state index contributed by atoms with van der Waals surface area (Å²) in [6.07, 6.45) is 3.21. The number of para-hydroxylation sites is 1. The fourth-order valence-corrected chi connectivity index (χ4v) is 1.64. The molecule has 0 saturated carbocycles. The number of benzene rings is 1. The Bertz CT molecular complexity index is 629. The van der Waals surface area contributed by atoms with Crippen molar-refractivity contribution in [1.82, 2.24) is 9.13 Å². The van der Waals surface area contributed by atoms with E-state index in [1.165, 1.54) is 9.13 Å². The standard InChI is InChI=1S/C13H15N3O2/c1-15-9-10-16(13(18)12(15)17)8-7-14-11-5-3-2-4-6-11/h2-6,9-10,14H,7-8H2,1H3. The Labute approximate surface area is 104 Å². The summed E-state index contributed by atoms with van der Waals surface area (Å²) in [7, 11) is 1.57. The number of aromatic nitrogens is 2. The maximum Gasteiger partial charge on any atom is 0.316 e. The molecule has 94 valence electrons. The molecule has 0 aliphatic rings. The number of nitrogens with one attached hydrogen (secondary N) is 1. The van der Waals surface area contributed by atoms with Crippen LogP contribution in [-0.4, -0.2) is 15.7 Å². The van der Waals surface area contributed by atoms with Crippen LogP contribution in [0.15, 0.2) is 52.3 Å². The van der Waals surface area contributed by atoms with E-state index in [2.05, 4.69) is 5.32 Å². The molecule has 0 fully saturated rings. The molecule has 5 nitrogen and oxygen atoms in total. The summed E-state index contributed by atoms with van der Waals surface area (Å²) in [4.78, 5) is 23.1. The van der Waals surface area contributed by atoms with Gasteiger partial charge in [0.25, 0.3) is 0 Å². The average molecular weight is 245 g/mol. The van der Waals surface area contributed by atoms with Crippen LogP contribution in [0.3, 0.4) is 0 Å². The minimum atomic E-state index is -0.503. The van der Waals surface area contributed by atoms with E-state index in [9.17, 15) is 9.59 Å². The first-order valence-corrected chi connectivity index (χ1v) is 5.73. The average Bonchev–Trinajstić information content (AvgIpc) is 2.40. The summed E-state index contributed by atoms with van der Waals surface area (Å²) in [6.45, 7) is 1.06. The van der Waals surface area contributed by atoms with Crippen LogP contribution in [0.2, 0.25) is 0 Å². The van der Waals surface area contributed by atoms with Gasteiger partial charge in [-0.05, 0) is 12.1 Å². The predicted octanol–water partition coefficient (Wildman–Crippen LogP) is 0.659. The monoisotopic (exact) mass is 245 g/mol. The van der Waals surface area contributed by atoms with Crippen LogP contribution in [0.4, 0.5) is 5.69 Å². The number of hydrogen-bond donors (Lipinski definition) is 1. The Morgan fingerprint density at radius 2 is 1.78 bits per heavy atom. The molecule has 5 heteroatoms. The van der Waals surface area contributed by atoms with Crippen LogP contribution in [-0.2, 0) is 13.6 Å². The first-order valence-electron chi connectivity index (χ1n) is 5.73. The van der Waals surface area contributed by atoms with Crippen molar-refractivity contribution in [2.75, 3.05) is 11.9 Å². The fourth-order valence-electron chi connectivity index (χ4n) is 1.64. The first-order chi connectivity index (χ1) is 8.68. The highest BCUT2D eigenvalue weighted by Crippen LogP contribution is 2.03. The summed E-state index contributed by atoms with van der Waals surface area (Å²) in [5.74, 6) is 0. The van der Waals surface area contributed by atoms with E-state index >= 15 is 0 Å². The van der Waals surface area contributed by atoms with Crippen LogP contribution in [0.1, 0.15) is 0 Å². The van der Waals surface area contributed by atoms with Crippen molar-refractivity contribution >= 4 is 5.69 Å². The lowest BCUT2D eigenvalue weighted by Gasteiger charge is -2.08. The van der Waals surface area contributed by atoms with Gasteiger partial charge in [0.05, 0.1) is 0 Å². The van der Waals surface area contributed by atoms with Crippen molar-refractivity contribution in [1.29, 1.82) is 0 Å². The molecule has 0 atom stereocenters. The number of aryl methyl sites for hydroxylation is 1. The highest BCUT2D eigenvalue weighted by molar-refractivity contribution is 5.42. The Morgan fingerprint density at radius 1 is 1.06 bits per heavy atom. The predicted molar refractivity (Wildman–Crippen MR) is 70.9 cm³/mol. The lowest BCUT2D eigenvalue weighted by atomic mass is 10.3. The van der Waals surface area contributed by atoms with Crippen LogP contribution < -0.4 is 16.4 Å². The maximum absolute atomic E-state index is 11.6. The van der Waals surface area contributed by atoms with Crippen molar-refractivity contribution in [3.05, 3.63) is 63.4 Å². The lowest BCUT2D eigenvalue weighted by molar-refractivity contribution is 0.656. The molecule has 0 radical (unpaired) electrons. The number of nitrogens with zero attached hydrogens (tertiary/aromatic N) is 2. The second-order valence-electron chi connectivity index (χ2n) is 4.01. The minimum absolute atomic E-state index is 0.462. The molecule has 0 saturated heterocycles. The van der Waals surface area contributed by atoms with Gasteiger partial charge in [0, 0.05) is 38.2 Å². The van der Waals surface area contributed by atoms with Crippen molar-refractivity contribution in [2.45, 2.75) is 6.54 Å². The Hall–Kier alpha value is -2.30. The van der Waals surface area contributed by atoms with Gasteiger partial charge in [-0.15, -0.1) is 0 Å². The molecule has 1 heterocycles. The molecule has 2 rings (SSSR count). The third-order valence-electron chi connectivity index (χ3n) is 2.69. The van der Waals surface area contributed by atoms with E-state index in [1.807, 2.05) is 30.3 Å². The summed E-state index contributed by atoms with van der Waals surface area (Å²) >= 11 is 0. The first kappa shape index (κ1) is 12.2. The smallest absolute Gasteiger partial charge is 0.316 e. The second-order valence-corrected chi connectivity index (χ2v) is 4.01. The summed E-state index contributed by atoms with van der Waals surface area (Å²) in [6, 6.07) is 9.72. The zero-order chi connectivity index (χ0) is 13.0. The molecule has 0 aliphatic carbocycles. The van der Waals surface area contributed by atoms with E-state index in [1.54, 1.807) is 19.4 Å². The quantitative estimate of drug-likeness (QED) is 0.805. The SMILES string of the molecule is Cn1ccn(CCNc2ccccc2)c(=O)c1=O. The van der Waals surface area contributed by atoms with Gasteiger partial charge in [0.2, 0.25) is 0 Å². The molecule has 1 N–H and O–H groups in total. The van der Waals surface area contributed by atoms with Crippen molar-refractivity contribution < 1.29 is 0 Å². The zero-order valence-electron chi connectivity index (χ0n) is 10.2. The summed E-state index contributed by atoms with van der Waals surface area (Å²) in [5.41, 5.74) is 0.00135. The third kappa shape index (κ3) is 2.68. The van der Waals surface area contributed by atoms with Gasteiger partial charge >= 0.3 is 11.1 Å². The van der Waals surface area contributed by atoms with Crippen molar-refractivity contribution in [2.24, 2.45) is 7.05 Å². The Kier molecular flexibility index (Phi) is 3.62. The molecule has 0 unspecified atom stereocenters. The molecular weight excluding hydrogens is 230 g/mol. The van der Waals surface area contributed by atoms with Gasteiger partial charge < -0.3 is 14.5 Å². The molecule has 0 bridgehead atoms. The van der Waals surface area contributed by atoms with Gasteiger partial charge in [0.15, 0.2) is 0 Å². The molecule has 2 aromatic rings. The second kappa shape index (κ2) is 5.35. The molecule has 18 heavy (non-hydrogen) atoms. The van der Waals surface area contributed by atoms with Gasteiger partial charge in [-0.1, -0.05) is 18.2 Å². The van der Waals surface area contributed by atoms with Crippen molar-refractivity contribution in [3.8, 4) is 0 Å². The van der Waals surface area contributed by atoms with E-state index in [4.69, 9.17) is 0 Å². The van der Waals surface area contributed by atoms with Crippen LogP contribution in [0.5, 0.6) is 0 Å². The molecule has 0 spiro atoms. The minimum Gasteiger partial charge on any atom is -0.383 e. The van der Waals surface area contributed by atoms with Crippen LogP contribution in [0.25, 0.3) is 0 Å². The maximum atomic E-state index is 11.6. The highest BCUT2D eigenvalue weighted by Gasteiger charge is 2.01. The van der Waals surface area contributed by atoms with E-state index in [-0.39, 0.29) is 0 Å². The lowest BCUT2D eigenvalue weighted by Crippen LogP contribution is -2.40. The normalized spacial score (nSPS) is 10.3. The van der Waals surface area contributed by atoms with E-state index in [0.717, 1.165) is 5.69 Å². The zero-order valence-corrected chi connectivity index (χ0v) is 10.2. The topological polar surface area (TPSA) is 56.0 Å². The Morgan fingerprint density at radius 3 is 2.50 bits per heavy atom. The molecular formula is C13H15N3O2. The van der Waals surface area contributed by atoms with E-state index in [0.29, 0.717) is 13.1 Å². The highest BCUT2D eigenvalue weighted by atomic mass is 16.2. The molecule has 0 amide bonds. The Balaban J connectivity index is 2.02. The van der Waals surface area contributed by atoms with Gasteiger partial charge in [-0.25, -0.2) is 0 Å². The van der Waals surface area contributed by atoms with Crippen LogP contribution >= 0.6 is 0 Å². The summed E-state index contributed by atoms with van der Waals surface area (Å²) in [5, 5.41) is 3.19. The fraction of sp³-hybridized carbons (Fsp3) is 0.231. The number of anilines is 1. The molecule has 1 aromatic carbocycles. The van der Waals surface area contributed by atoms with Crippen molar-refractivity contribution in [3.63, 3.8) is 0 Å². The van der Waals surface area contributed by atoms with Gasteiger partial charge in [-0.3, -0.25) is 9.59 Å². The number of rotatable bonds is 4. The van der Waals surface area contributed by atoms with Gasteiger partial charge in [-0.2, -0.15) is 0 Å². The summed E-state index contributed by atoms with van der Waals surface area (Å²) < 4.78 is 2.70. The largest absolute Gasteiger partial charge is 0.383 e. The number of hydrogen-bond acceptors (Lipinski definition) is 3. The third-order valence-corrected chi connectivity index (χ3v) is 2.69. The molecule has 1 aromatic heterocycles. The van der Waals surface area contributed by atoms with E-state index < -0.39 is 11.1 Å².